The smallest absolute Gasteiger partial charge is 0.207 e. The Labute approximate surface area is 140 Å². The van der Waals surface area contributed by atoms with Gasteiger partial charge in [-0.3, -0.25) is 4.79 Å². The molecule has 1 aliphatic heterocycles. The largest absolute Gasteiger partial charge is 0.400 e. The summed E-state index contributed by atoms with van der Waals surface area (Å²) in [7, 11) is 1.00. The highest BCUT2D eigenvalue weighted by Crippen LogP contribution is 2.28. The van der Waals surface area contributed by atoms with Crippen molar-refractivity contribution in [3.63, 3.8) is 0 Å². The molecule has 2 unspecified atom stereocenters. The van der Waals surface area contributed by atoms with Crippen molar-refractivity contribution < 1.29 is 19.4 Å². The predicted molar refractivity (Wildman–Crippen MR) is 91.2 cm³/mol. The van der Waals surface area contributed by atoms with Crippen LogP contribution in [0.4, 0.5) is 0 Å². The normalized spacial score (nSPS) is 16.7. The number of carbonyl (C=O) groups is 2. The summed E-state index contributed by atoms with van der Waals surface area (Å²) in [4.78, 5) is 21.2. The maximum atomic E-state index is 10.9. The van der Waals surface area contributed by atoms with E-state index in [1.807, 2.05) is 0 Å². The number of hydrogen-bond donors (Lipinski definition) is 3. The second-order valence-electron chi connectivity index (χ2n) is 6.27. The molecular formula is C17H34N2O4. The highest BCUT2D eigenvalue weighted by Gasteiger charge is 2.27. The van der Waals surface area contributed by atoms with Crippen molar-refractivity contribution in [3.8, 4) is 0 Å². The lowest BCUT2D eigenvalue weighted by atomic mass is 9.83. The molecule has 0 radical (unpaired) electrons. The van der Waals surface area contributed by atoms with Gasteiger partial charge in [-0.1, -0.05) is 13.8 Å². The molecular weight excluding hydrogens is 296 g/mol. The first-order valence-corrected chi connectivity index (χ1v) is 8.57. The molecule has 1 fully saturated rings. The van der Waals surface area contributed by atoms with E-state index in [2.05, 4.69) is 24.5 Å². The van der Waals surface area contributed by atoms with Crippen LogP contribution in [0, 0.1) is 17.8 Å². The van der Waals surface area contributed by atoms with Crippen LogP contribution in [0.1, 0.15) is 39.5 Å². The van der Waals surface area contributed by atoms with Gasteiger partial charge in [-0.25, -0.2) is 0 Å². The van der Waals surface area contributed by atoms with Crippen LogP contribution in [0.3, 0.4) is 0 Å². The van der Waals surface area contributed by atoms with E-state index in [9.17, 15) is 9.59 Å². The molecule has 0 saturated carbocycles. The molecule has 1 rings (SSSR count). The third kappa shape index (κ3) is 9.69. The van der Waals surface area contributed by atoms with E-state index < -0.39 is 0 Å². The van der Waals surface area contributed by atoms with E-state index in [0.29, 0.717) is 17.8 Å². The van der Waals surface area contributed by atoms with Gasteiger partial charge in [0.25, 0.3) is 0 Å². The maximum Gasteiger partial charge on any atom is 0.207 e. The fourth-order valence-corrected chi connectivity index (χ4v) is 2.74. The van der Waals surface area contributed by atoms with Crippen molar-refractivity contribution in [1.29, 1.82) is 0 Å². The van der Waals surface area contributed by atoms with Crippen LogP contribution in [0.15, 0.2) is 0 Å². The summed E-state index contributed by atoms with van der Waals surface area (Å²) in [6.07, 6.45) is 6.17. The summed E-state index contributed by atoms with van der Waals surface area (Å²) in [6, 6.07) is -0.0349. The van der Waals surface area contributed by atoms with Crippen LogP contribution in [-0.4, -0.2) is 57.3 Å². The molecule has 3 N–H and O–H groups in total. The minimum atomic E-state index is -0.0349. The summed E-state index contributed by atoms with van der Waals surface area (Å²) in [5.41, 5.74) is 0. The van der Waals surface area contributed by atoms with Crippen molar-refractivity contribution in [1.82, 2.24) is 10.6 Å². The second kappa shape index (κ2) is 14.6. The monoisotopic (exact) mass is 330 g/mol. The van der Waals surface area contributed by atoms with Crippen LogP contribution in [0.5, 0.6) is 0 Å². The van der Waals surface area contributed by atoms with Gasteiger partial charge in [0.2, 0.25) is 6.41 Å². The number of rotatable bonds is 13. The summed E-state index contributed by atoms with van der Waals surface area (Å²) >= 11 is 0. The SMILES string of the molecule is CC(C)C(C=O)NCCCC(CCCNC=O)C1COC1.CO. The molecule has 0 aliphatic carbocycles. The summed E-state index contributed by atoms with van der Waals surface area (Å²) in [5.74, 6) is 1.68. The van der Waals surface area contributed by atoms with Gasteiger partial charge >= 0.3 is 0 Å². The zero-order valence-electron chi connectivity index (χ0n) is 14.8. The van der Waals surface area contributed by atoms with E-state index in [0.717, 1.165) is 71.8 Å². The van der Waals surface area contributed by atoms with Gasteiger partial charge in [-0.05, 0) is 44.1 Å². The van der Waals surface area contributed by atoms with Gasteiger partial charge < -0.3 is 25.3 Å². The molecule has 0 spiro atoms. The number of carbonyl (C=O) groups excluding carboxylic acids is 2. The summed E-state index contributed by atoms with van der Waals surface area (Å²) in [6.45, 7) is 7.51. The average molecular weight is 330 g/mol. The Kier molecular flexibility index (Phi) is 14.0. The molecule has 6 heteroatoms. The van der Waals surface area contributed by atoms with Crippen LogP contribution in [0.2, 0.25) is 0 Å². The van der Waals surface area contributed by atoms with Gasteiger partial charge in [0, 0.05) is 19.6 Å². The highest BCUT2D eigenvalue weighted by atomic mass is 16.5. The van der Waals surface area contributed by atoms with E-state index >= 15 is 0 Å². The molecule has 0 aromatic carbocycles. The van der Waals surface area contributed by atoms with Gasteiger partial charge in [0.05, 0.1) is 19.3 Å². The molecule has 1 amide bonds. The lowest BCUT2D eigenvalue weighted by Crippen LogP contribution is -2.37. The van der Waals surface area contributed by atoms with E-state index in [1.54, 1.807) is 0 Å². The molecule has 6 nitrogen and oxygen atoms in total. The molecule has 0 bridgehead atoms. The molecule has 0 aromatic heterocycles. The lowest BCUT2D eigenvalue weighted by Gasteiger charge is -2.34. The van der Waals surface area contributed by atoms with Crippen LogP contribution >= 0.6 is 0 Å². The van der Waals surface area contributed by atoms with E-state index in [-0.39, 0.29) is 6.04 Å². The topological polar surface area (TPSA) is 87.7 Å². The van der Waals surface area contributed by atoms with Crippen LogP contribution < -0.4 is 10.6 Å². The average Bonchev–Trinajstić information content (AvgIpc) is 2.51. The van der Waals surface area contributed by atoms with Crippen LogP contribution in [-0.2, 0) is 14.3 Å². The molecule has 23 heavy (non-hydrogen) atoms. The zero-order chi connectivity index (χ0) is 17.5. The van der Waals surface area contributed by atoms with Crippen LogP contribution in [0.25, 0.3) is 0 Å². The lowest BCUT2D eigenvalue weighted by molar-refractivity contribution is -0.110. The highest BCUT2D eigenvalue weighted by molar-refractivity contribution is 5.57. The fraction of sp³-hybridized carbons (Fsp3) is 0.882. The Hall–Kier alpha value is -0.980. The molecule has 1 heterocycles. The Morgan fingerprint density at radius 2 is 1.74 bits per heavy atom. The Morgan fingerprint density at radius 1 is 1.13 bits per heavy atom. The van der Waals surface area contributed by atoms with Gasteiger partial charge in [-0.2, -0.15) is 0 Å². The van der Waals surface area contributed by atoms with Gasteiger partial charge in [0.1, 0.15) is 6.29 Å². The Balaban J connectivity index is 0.00000232. The predicted octanol–water partition coefficient (Wildman–Crippen LogP) is 0.977. The minimum absolute atomic E-state index is 0.0349. The number of aldehydes is 1. The molecule has 1 saturated heterocycles. The maximum absolute atomic E-state index is 10.9. The van der Waals surface area contributed by atoms with Crippen molar-refractivity contribution in [2.24, 2.45) is 17.8 Å². The first kappa shape index (κ1) is 22.0. The van der Waals surface area contributed by atoms with Gasteiger partial charge in [-0.15, -0.1) is 0 Å². The number of ether oxygens (including phenoxy) is 1. The molecule has 136 valence electrons. The Morgan fingerprint density at radius 3 is 2.17 bits per heavy atom. The first-order valence-electron chi connectivity index (χ1n) is 8.57. The van der Waals surface area contributed by atoms with Crippen molar-refractivity contribution in [2.75, 3.05) is 33.4 Å². The summed E-state index contributed by atoms with van der Waals surface area (Å²) < 4.78 is 5.30. The third-order valence-corrected chi connectivity index (χ3v) is 4.31. The molecule has 0 aromatic rings. The van der Waals surface area contributed by atoms with Crippen molar-refractivity contribution in [2.45, 2.75) is 45.6 Å². The molecule has 2 atom stereocenters. The number of hydrogen-bond acceptors (Lipinski definition) is 5. The third-order valence-electron chi connectivity index (χ3n) is 4.31. The number of aliphatic hydroxyl groups is 1. The quantitative estimate of drug-likeness (QED) is 0.346. The second-order valence-corrected chi connectivity index (χ2v) is 6.27. The minimum Gasteiger partial charge on any atom is -0.400 e. The first-order chi connectivity index (χ1) is 11.2. The van der Waals surface area contributed by atoms with Crippen molar-refractivity contribution >= 4 is 12.7 Å². The number of aliphatic hydroxyl groups excluding tert-OH is 1. The summed E-state index contributed by atoms with van der Waals surface area (Å²) in [5, 5.41) is 13.0. The standard InChI is InChI=1S/C16H30N2O3.CH4O/c1-13(2)16(9-19)18-8-4-6-14(15-10-21-11-15)5-3-7-17-12-20;1-2/h9,12-16,18H,3-8,10-11H2,1-2H3,(H,17,20);2H,1H3. The van der Waals surface area contributed by atoms with E-state index in [4.69, 9.17) is 9.84 Å². The fourth-order valence-electron chi connectivity index (χ4n) is 2.74. The van der Waals surface area contributed by atoms with Crippen molar-refractivity contribution in [3.05, 3.63) is 0 Å². The number of amides is 1. The van der Waals surface area contributed by atoms with E-state index in [1.165, 1.54) is 0 Å². The van der Waals surface area contributed by atoms with Gasteiger partial charge in [0.15, 0.2) is 0 Å². The molecule has 1 aliphatic rings. The number of nitrogens with one attached hydrogen (secondary N) is 2. The zero-order valence-corrected chi connectivity index (χ0v) is 14.8. The Bertz CT molecular complexity index is 296.